The van der Waals surface area contributed by atoms with Crippen molar-refractivity contribution in [3.05, 3.63) is 95.4 Å². The second kappa shape index (κ2) is 10.4. The normalized spacial score (nSPS) is 18.1. The largest absolute Gasteiger partial charge is 0.497 e. The van der Waals surface area contributed by atoms with E-state index in [4.69, 9.17) is 4.74 Å². The number of rotatable bonds is 5. The second-order valence-electron chi connectivity index (χ2n) is 10.9. The number of piperidine rings is 1. The molecule has 1 N–H and O–H groups in total. The lowest BCUT2D eigenvalue weighted by Crippen LogP contribution is -2.56. The van der Waals surface area contributed by atoms with Crippen LogP contribution in [-0.2, 0) is 23.7 Å². The zero-order chi connectivity index (χ0) is 27.9. The van der Waals surface area contributed by atoms with Crippen LogP contribution in [0.15, 0.2) is 72.9 Å². The van der Waals surface area contributed by atoms with Gasteiger partial charge >= 0.3 is 0 Å². The van der Waals surface area contributed by atoms with E-state index < -0.39 is 6.04 Å². The van der Waals surface area contributed by atoms with Gasteiger partial charge < -0.3 is 24.2 Å². The summed E-state index contributed by atoms with van der Waals surface area (Å²) in [6, 6.07) is 20.7. The number of carbonyl (C=O) groups is 2. The van der Waals surface area contributed by atoms with Crippen LogP contribution in [0, 0.1) is 0 Å². The number of methoxy groups -OCH3 is 1. The van der Waals surface area contributed by atoms with Crippen molar-refractivity contribution in [2.24, 2.45) is 7.05 Å². The van der Waals surface area contributed by atoms with Crippen molar-refractivity contribution in [3.63, 3.8) is 0 Å². The fraction of sp³-hybridized carbons (Fsp3) is 0.344. The Morgan fingerprint density at radius 2 is 1.80 bits per heavy atom. The molecule has 2 aliphatic rings. The van der Waals surface area contributed by atoms with Gasteiger partial charge in [-0.2, -0.15) is 0 Å². The minimum absolute atomic E-state index is 0.120. The van der Waals surface area contributed by atoms with Crippen LogP contribution in [0.4, 0.5) is 0 Å². The van der Waals surface area contributed by atoms with Crippen molar-refractivity contribution in [3.8, 4) is 5.75 Å². The first-order valence-corrected chi connectivity index (χ1v) is 13.8. The molecule has 1 saturated heterocycles. The molecule has 0 bridgehead atoms. The molecule has 40 heavy (non-hydrogen) atoms. The average molecular weight is 539 g/mol. The summed E-state index contributed by atoms with van der Waals surface area (Å²) >= 11 is 0. The maximum absolute atomic E-state index is 13.9. The average Bonchev–Trinajstić information content (AvgIpc) is 3.30. The molecule has 1 atom stereocenters. The van der Waals surface area contributed by atoms with Crippen molar-refractivity contribution < 1.29 is 19.4 Å². The van der Waals surface area contributed by atoms with Gasteiger partial charge in [0.15, 0.2) is 0 Å². The van der Waals surface area contributed by atoms with E-state index >= 15 is 0 Å². The first-order chi connectivity index (χ1) is 19.5. The first-order valence-electron chi connectivity index (χ1n) is 13.8. The zero-order valence-electron chi connectivity index (χ0n) is 22.9. The molecule has 6 rings (SSSR count). The van der Waals surface area contributed by atoms with Crippen LogP contribution in [0.2, 0.25) is 0 Å². The number of nitrogens with zero attached hydrogens (tertiary/aromatic N) is 4. The fourth-order valence-electron chi connectivity index (χ4n) is 6.68. The summed E-state index contributed by atoms with van der Waals surface area (Å²) in [4.78, 5) is 35.2. The number of pyridine rings is 1. The molecule has 2 aromatic carbocycles. The van der Waals surface area contributed by atoms with Gasteiger partial charge in [-0.1, -0.05) is 36.4 Å². The molecule has 0 aliphatic carbocycles. The first kappa shape index (κ1) is 26.1. The molecule has 8 nitrogen and oxygen atoms in total. The highest BCUT2D eigenvalue weighted by atomic mass is 16.5. The number of aliphatic hydroxyl groups is 1. The van der Waals surface area contributed by atoms with Crippen LogP contribution in [-0.4, -0.2) is 69.6 Å². The van der Waals surface area contributed by atoms with E-state index in [1.54, 1.807) is 36.4 Å². The summed E-state index contributed by atoms with van der Waals surface area (Å²) in [5.41, 5.74) is 4.10. The van der Waals surface area contributed by atoms with Crippen LogP contribution in [0.5, 0.6) is 5.75 Å². The van der Waals surface area contributed by atoms with Crippen molar-refractivity contribution in [2.75, 3.05) is 33.4 Å². The highest BCUT2D eigenvalue weighted by Gasteiger charge is 2.50. The maximum atomic E-state index is 13.9. The van der Waals surface area contributed by atoms with E-state index in [0.29, 0.717) is 31.7 Å². The quantitative estimate of drug-likeness (QED) is 0.417. The molecule has 0 radical (unpaired) electrons. The SMILES string of the molecule is COc1ccc2c3c(n(C)c2c1)[C@H](CO)N(C(=O)c1ccccn1)CC31CCN(C(=O)Cc2ccccc2)CC1. The number of hydrogen-bond acceptors (Lipinski definition) is 5. The van der Waals surface area contributed by atoms with Crippen LogP contribution < -0.4 is 4.74 Å². The summed E-state index contributed by atoms with van der Waals surface area (Å²) in [7, 11) is 3.64. The van der Waals surface area contributed by atoms with Gasteiger partial charge in [0.2, 0.25) is 5.91 Å². The van der Waals surface area contributed by atoms with Gasteiger partial charge in [-0.3, -0.25) is 14.6 Å². The monoisotopic (exact) mass is 538 g/mol. The predicted molar refractivity (Wildman–Crippen MR) is 152 cm³/mol. The Kier molecular flexibility index (Phi) is 6.80. The van der Waals surface area contributed by atoms with Crippen LogP contribution in [0.3, 0.4) is 0 Å². The predicted octanol–water partition coefficient (Wildman–Crippen LogP) is 3.87. The van der Waals surface area contributed by atoms with Crippen LogP contribution in [0.1, 0.15) is 46.2 Å². The molecule has 206 valence electrons. The van der Waals surface area contributed by atoms with Crippen molar-refractivity contribution in [2.45, 2.75) is 30.7 Å². The Morgan fingerprint density at radius 3 is 2.48 bits per heavy atom. The van der Waals surface area contributed by atoms with Gasteiger partial charge in [-0.05, 0) is 48.2 Å². The van der Waals surface area contributed by atoms with Gasteiger partial charge in [-0.15, -0.1) is 0 Å². The molecule has 8 heteroatoms. The van der Waals surface area contributed by atoms with Gasteiger partial charge in [0.05, 0.1) is 31.7 Å². The van der Waals surface area contributed by atoms with Gasteiger partial charge in [-0.25, -0.2) is 0 Å². The molecule has 1 spiro atoms. The molecule has 1 fully saturated rings. The molecule has 0 unspecified atom stereocenters. The van der Waals surface area contributed by atoms with Crippen molar-refractivity contribution in [1.29, 1.82) is 0 Å². The van der Waals surface area contributed by atoms with Gasteiger partial charge in [0.1, 0.15) is 11.4 Å². The van der Waals surface area contributed by atoms with Crippen LogP contribution in [0.25, 0.3) is 10.9 Å². The summed E-state index contributed by atoms with van der Waals surface area (Å²) < 4.78 is 7.62. The smallest absolute Gasteiger partial charge is 0.273 e. The Hall–Kier alpha value is -4.17. The van der Waals surface area contributed by atoms with Gasteiger partial charge in [0.25, 0.3) is 5.91 Å². The summed E-state index contributed by atoms with van der Waals surface area (Å²) in [6.07, 6.45) is 3.43. The van der Waals surface area contributed by atoms with E-state index in [1.807, 2.05) is 54.4 Å². The number of hydrogen-bond donors (Lipinski definition) is 1. The molecule has 0 saturated carbocycles. The second-order valence-corrected chi connectivity index (χ2v) is 10.9. The third-order valence-electron chi connectivity index (χ3n) is 8.74. The zero-order valence-corrected chi connectivity index (χ0v) is 22.9. The van der Waals surface area contributed by atoms with E-state index in [0.717, 1.165) is 40.8 Å². The van der Waals surface area contributed by atoms with Crippen LogP contribution >= 0.6 is 0 Å². The molecule has 4 heterocycles. The molecule has 2 amide bonds. The molecule has 4 aromatic rings. The molecular formula is C32H34N4O4. The standard InChI is InChI=1S/C32H34N4O4/c1-34-26-19-23(40-2)11-12-24(26)29-30(34)27(20-37)36(31(39)25-10-6-7-15-33-25)21-32(29)13-16-35(17-14-32)28(38)18-22-8-4-3-5-9-22/h3-12,15,19,27,37H,13-14,16-18,20-21H2,1-2H3/t27-/m0/s1. The van der Waals surface area contributed by atoms with E-state index in [2.05, 4.69) is 15.6 Å². The minimum atomic E-state index is -0.517. The molecule has 2 aromatic heterocycles. The molecule has 2 aliphatic heterocycles. The summed E-state index contributed by atoms with van der Waals surface area (Å²) in [6.45, 7) is 1.46. The Bertz CT molecular complexity index is 1540. The lowest BCUT2D eigenvalue weighted by molar-refractivity contribution is -0.132. The van der Waals surface area contributed by atoms with Crippen molar-refractivity contribution >= 4 is 22.7 Å². The number of likely N-dealkylation sites (tertiary alicyclic amines) is 1. The lowest BCUT2D eigenvalue weighted by Gasteiger charge is -2.50. The third kappa shape index (κ3) is 4.32. The number of ether oxygens (including phenoxy) is 1. The van der Waals surface area contributed by atoms with Crippen molar-refractivity contribution in [1.82, 2.24) is 19.4 Å². The number of aryl methyl sites for hydroxylation is 1. The lowest BCUT2D eigenvalue weighted by atomic mass is 9.68. The Morgan fingerprint density at radius 1 is 1.05 bits per heavy atom. The highest BCUT2D eigenvalue weighted by Crippen LogP contribution is 2.50. The highest BCUT2D eigenvalue weighted by molar-refractivity contribution is 5.94. The summed E-state index contributed by atoms with van der Waals surface area (Å²) in [5.74, 6) is 0.673. The third-order valence-corrected chi connectivity index (χ3v) is 8.74. The minimum Gasteiger partial charge on any atom is -0.497 e. The molecular weight excluding hydrogens is 504 g/mol. The number of aromatic nitrogens is 2. The van der Waals surface area contributed by atoms with E-state index in [-0.39, 0.29) is 23.8 Å². The van der Waals surface area contributed by atoms with Gasteiger partial charge in [0, 0.05) is 55.4 Å². The van der Waals surface area contributed by atoms with E-state index in [1.165, 1.54) is 5.56 Å². The topological polar surface area (TPSA) is 87.9 Å². The maximum Gasteiger partial charge on any atom is 0.273 e. The number of fused-ring (bicyclic) bond motifs is 4. The summed E-state index contributed by atoms with van der Waals surface area (Å²) in [5, 5.41) is 11.8. The number of aliphatic hydroxyl groups excluding tert-OH is 1. The van der Waals surface area contributed by atoms with E-state index in [9.17, 15) is 14.7 Å². The Balaban J connectivity index is 1.41. The number of benzene rings is 2. The number of carbonyl (C=O) groups excluding carboxylic acids is 2. The Labute approximate surface area is 233 Å². The number of amides is 2. The fourth-order valence-corrected chi connectivity index (χ4v) is 6.68.